The standard InChI is InChI=1S/C56H99NO8/c1-6-8-10-12-14-16-18-20-22-23-24-25-26-27-28-29-30-31-33-34-36-38-40-42-44-46-53(58)63-50-52(51-64-56(55(60)61)62-49-48-57(3,4)5)65-54(59)47-45-43-41-39-37-35-32-21-19-17-15-13-11-9-7-2/h9,11,15,17-18,20-21,23-24,32,52,56H,6-8,10,12-14,16,19,22,25-31,33-51H2,1-5H3/p+1/b11-9-,17-15-,20-18-,24-23-,32-21-. The van der Waals surface area contributed by atoms with Gasteiger partial charge in [-0.15, -0.1) is 0 Å². The summed E-state index contributed by atoms with van der Waals surface area (Å²) < 4.78 is 22.8. The van der Waals surface area contributed by atoms with E-state index in [1.165, 1.54) is 109 Å². The summed E-state index contributed by atoms with van der Waals surface area (Å²) in [4.78, 5) is 37.3. The molecule has 0 saturated heterocycles. The van der Waals surface area contributed by atoms with Gasteiger partial charge in [0.15, 0.2) is 6.10 Å². The molecule has 0 fully saturated rings. The molecule has 0 heterocycles. The van der Waals surface area contributed by atoms with Gasteiger partial charge in [0.1, 0.15) is 13.2 Å². The Balaban J connectivity index is 4.26. The SMILES string of the molecule is CC/C=C\C/C=C\C/C=C\CCCCCCCC(=O)OC(COC(=O)CCCCCCCCCCCCCCC/C=C\C/C=C\CCCCCCC)COC(OCC[N+](C)(C)C)C(=O)O. The molecule has 0 aromatic carbocycles. The summed E-state index contributed by atoms with van der Waals surface area (Å²) in [5.74, 6) is -2.03. The molecule has 65 heavy (non-hydrogen) atoms. The average Bonchev–Trinajstić information content (AvgIpc) is 3.27. The predicted molar refractivity (Wildman–Crippen MR) is 272 cm³/mol. The molecule has 9 heteroatoms. The Morgan fingerprint density at radius 1 is 0.477 bits per heavy atom. The number of allylic oxidation sites excluding steroid dienone is 10. The van der Waals surface area contributed by atoms with E-state index in [1.54, 1.807) is 0 Å². The molecule has 0 aliphatic rings. The number of rotatable bonds is 48. The maximum atomic E-state index is 12.8. The lowest BCUT2D eigenvalue weighted by atomic mass is 10.0. The minimum Gasteiger partial charge on any atom is -0.477 e. The van der Waals surface area contributed by atoms with Crippen LogP contribution in [0.1, 0.15) is 219 Å². The average molecular weight is 915 g/mol. The van der Waals surface area contributed by atoms with Crippen molar-refractivity contribution >= 4 is 17.9 Å². The van der Waals surface area contributed by atoms with Gasteiger partial charge in [-0.3, -0.25) is 9.59 Å². The maximum absolute atomic E-state index is 12.8. The highest BCUT2D eigenvalue weighted by atomic mass is 16.7. The molecule has 0 rings (SSSR count). The number of ether oxygens (including phenoxy) is 4. The first-order chi connectivity index (χ1) is 31.6. The summed E-state index contributed by atoms with van der Waals surface area (Å²) >= 11 is 0. The molecular formula is C56H100NO8+. The van der Waals surface area contributed by atoms with Crippen molar-refractivity contribution in [3.05, 3.63) is 60.8 Å². The van der Waals surface area contributed by atoms with Crippen molar-refractivity contribution in [3.63, 3.8) is 0 Å². The van der Waals surface area contributed by atoms with Crippen molar-refractivity contribution in [3.8, 4) is 0 Å². The van der Waals surface area contributed by atoms with Crippen molar-refractivity contribution in [1.29, 1.82) is 0 Å². The number of carboxylic acid groups (broad SMARTS) is 1. The van der Waals surface area contributed by atoms with Crippen LogP contribution >= 0.6 is 0 Å². The zero-order valence-corrected chi connectivity index (χ0v) is 42.6. The maximum Gasteiger partial charge on any atom is 0.361 e. The zero-order chi connectivity index (χ0) is 47.7. The first-order valence-corrected chi connectivity index (χ1v) is 26.5. The predicted octanol–water partition coefficient (Wildman–Crippen LogP) is 14.9. The summed E-state index contributed by atoms with van der Waals surface area (Å²) in [6.45, 7) is 4.73. The Morgan fingerprint density at radius 2 is 0.877 bits per heavy atom. The van der Waals surface area contributed by atoms with Gasteiger partial charge in [0.05, 0.1) is 34.4 Å². The van der Waals surface area contributed by atoms with Gasteiger partial charge in [-0.05, 0) is 77.0 Å². The van der Waals surface area contributed by atoms with E-state index in [2.05, 4.69) is 74.6 Å². The molecule has 0 saturated carbocycles. The fourth-order valence-corrected chi connectivity index (χ4v) is 7.17. The Bertz CT molecular complexity index is 1250. The highest BCUT2D eigenvalue weighted by Crippen LogP contribution is 2.15. The fraction of sp³-hybridized carbons (Fsp3) is 0.768. The molecule has 0 spiro atoms. The van der Waals surface area contributed by atoms with Crippen LogP contribution in [0, 0.1) is 0 Å². The van der Waals surface area contributed by atoms with Crippen LogP contribution < -0.4 is 0 Å². The minimum absolute atomic E-state index is 0.182. The third kappa shape index (κ3) is 48.7. The monoisotopic (exact) mass is 915 g/mol. The summed E-state index contributed by atoms with van der Waals surface area (Å²) in [6, 6.07) is 0. The third-order valence-corrected chi connectivity index (χ3v) is 11.3. The molecular weight excluding hydrogens is 815 g/mol. The van der Waals surface area contributed by atoms with Crippen molar-refractivity contribution in [1.82, 2.24) is 0 Å². The van der Waals surface area contributed by atoms with Crippen LogP contribution in [0.25, 0.3) is 0 Å². The second kappa shape index (κ2) is 47.5. The Morgan fingerprint density at radius 3 is 1.31 bits per heavy atom. The number of unbranched alkanes of at least 4 members (excludes halogenated alkanes) is 23. The van der Waals surface area contributed by atoms with Crippen molar-refractivity contribution < 1.29 is 42.9 Å². The molecule has 0 aromatic heterocycles. The molecule has 0 aliphatic heterocycles. The molecule has 0 bridgehead atoms. The first-order valence-electron chi connectivity index (χ1n) is 26.5. The lowest BCUT2D eigenvalue weighted by Crippen LogP contribution is -2.40. The van der Waals surface area contributed by atoms with E-state index in [1.807, 2.05) is 21.1 Å². The summed E-state index contributed by atoms with van der Waals surface area (Å²) in [6.07, 6.45) is 55.8. The van der Waals surface area contributed by atoms with E-state index in [9.17, 15) is 19.5 Å². The van der Waals surface area contributed by atoms with Gasteiger partial charge in [-0.2, -0.15) is 0 Å². The summed E-state index contributed by atoms with van der Waals surface area (Å²) in [7, 11) is 5.95. The second-order valence-electron chi connectivity index (χ2n) is 18.8. The van der Waals surface area contributed by atoms with E-state index in [4.69, 9.17) is 18.9 Å². The second-order valence-corrected chi connectivity index (χ2v) is 18.8. The molecule has 9 nitrogen and oxygen atoms in total. The minimum atomic E-state index is -1.52. The van der Waals surface area contributed by atoms with Crippen LogP contribution in [0.2, 0.25) is 0 Å². The number of esters is 2. The van der Waals surface area contributed by atoms with Crippen LogP contribution in [0.3, 0.4) is 0 Å². The number of carbonyl (C=O) groups excluding carboxylic acids is 2. The number of hydrogen-bond acceptors (Lipinski definition) is 7. The van der Waals surface area contributed by atoms with Crippen LogP contribution in [0.5, 0.6) is 0 Å². The zero-order valence-electron chi connectivity index (χ0n) is 42.6. The lowest BCUT2D eigenvalue weighted by Gasteiger charge is -2.25. The third-order valence-electron chi connectivity index (χ3n) is 11.3. The Kier molecular flexibility index (Phi) is 45.3. The lowest BCUT2D eigenvalue weighted by molar-refractivity contribution is -0.870. The van der Waals surface area contributed by atoms with Crippen molar-refractivity contribution in [2.75, 3.05) is 47.5 Å². The summed E-state index contributed by atoms with van der Waals surface area (Å²) in [5, 5.41) is 9.67. The van der Waals surface area contributed by atoms with Gasteiger partial charge in [0.2, 0.25) is 0 Å². The van der Waals surface area contributed by atoms with Gasteiger partial charge in [0, 0.05) is 12.8 Å². The Labute approximate surface area is 399 Å². The van der Waals surface area contributed by atoms with Crippen molar-refractivity contribution in [2.24, 2.45) is 0 Å². The number of carboxylic acids is 1. The molecule has 2 unspecified atom stereocenters. The van der Waals surface area contributed by atoms with E-state index in [0.717, 1.165) is 77.0 Å². The van der Waals surface area contributed by atoms with Gasteiger partial charge in [-0.25, -0.2) is 4.79 Å². The van der Waals surface area contributed by atoms with Gasteiger partial charge >= 0.3 is 17.9 Å². The topological polar surface area (TPSA) is 108 Å². The molecule has 0 aromatic rings. The molecule has 0 amide bonds. The van der Waals surface area contributed by atoms with Gasteiger partial charge < -0.3 is 28.5 Å². The largest absolute Gasteiger partial charge is 0.477 e. The summed E-state index contributed by atoms with van der Waals surface area (Å²) in [5.41, 5.74) is 0. The number of carbonyl (C=O) groups is 3. The smallest absolute Gasteiger partial charge is 0.361 e. The molecule has 0 aliphatic carbocycles. The van der Waals surface area contributed by atoms with Gasteiger partial charge in [-0.1, -0.05) is 190 Å². The number of hydrogen-bond donors (Lipinski definition) is 1. The van der Waals surface area contributed by atoms with Crippen molar-refractivity contribution in [2.45, 2.75) is 232 Å². The number of quaternary nitrogens is 1. The number of nitrogens with zero attached hydrogens (tertiary/aromatic N) is 1. The number of aliphatic carboxylic acids is 1. The normalized spacial score (nSPS) is 13.3. The van der Waals surface area contributed by atoms with E-state index >= 15 is 0 Å². The van der Waals surface area contributed by atoms with Crippen LogP contribution in [0.15, 0.2) is 60.8 Å². The fourth-order valence-electron chi connectivity index (χ4n) is 7.17. The molecule has 0 radical (unpaired) electrons. The van der Waals surface area contributed by atoms with Crippen LogP contribution in [-0.4, -0.2) is 87.4 Å². The van der Waals surface area contributed by atoms with Crippen LogP contribution in [0.4, 0.5) is 0 Å². The molecule has 376 valence electrons. The van der Waals surface area contributed by atoms with Gasteiger partial charge in [0.25, 0.3) is 6.29 Å². The molecule has 1 N–H and O–H groups in total. The molecule has 2 atom stereocenters. The quantitative estimate of drug-likeness (QED) is 0.0211. The van der Waals surface area contributed by atoms with E-state index in [0.29, 0.717) is 23.9 Å². The highest BCUT2D eigenvalue weighted by molar-refractivity contribution is 5.71. The first kappa shape index (κ1) is 62.0. The highest BCUT2D eigenvalue weighted by Gasteiger charge is 2.25. The Hall–Kier alpha value is -3.01. The number of likely N-dealkylation sites (N-methyl/N-ethyl adjacent to an activating group) is 1. The van der Waals surface area contributed by atoms with Crippen LogP contribution in [-0.2, 0) is 33.3 Å². The van der Waals surface area contributed by atoms with E-state index in [-0.39, 0.29) is 32.2 Å². The van der Waals surface area contributed by atoms with E-state index < -0.39 is 24.3 Å².